The number of aliphatic hydroxyl groups excluding tert-OH is 1. The summed E-state index contributed by atoms with van der Waals surface area (Å²) in [6.07, 6.45) is -0.0952. The van der Waals surface area contributed by atoms with Gasteiger partial charge in [-0.3, -0.25) is 0 Å². The zero-order chi connectivity index (χ0) is 10.3. The van der Waals surface area contributed by atoms with Crippen LogP contribution in [0.2, 0.25) is 0 Å². The van der Waals surface area contributed by atoms with E-state index in [0.29, 0.717) is 0 Å². The first-order valence-electron chi connectivity index (χ1n) is 3.61. The van der Waals surface area contributed by atoms with Crippen LogP contribution in [-0.2, 0) is 4.79 Å². The molecule has 6 nitrogen and oxygen atoms in total. The number of amides is 2. The van der Waals surface area contributed by atoms with Crippen molar-refractivity contribution in [3.8, 4) is 0 Å². The van der Waals surface area contributed by atoms with E-state index in [4.69, 9.17) is 10.2 Å². The average Bonchev–Trinajstić information content (AvgIpc) is 2.10. The van der Waals surface area contributed by atoms with Crippen LogP contribution in [-0.4, -0.2) is 41.4 Å². The van der Waals surface area contributed by atoms with Gasteiger partial charge in [-0.1, -0.05) is 6.08 Å². The van der Waals surface area contributed by atoms with Crippen molar-refractivity contribution in [2.45, 2.75) is 6.10 Å². The van der Waals surface area contributed by atoms with E-state index in [2.05, 4.69) is 17.2 Å². The van der Waals surface area contributed by atoms with E-state index in [-0.39, 0.29) is 13.1 Å². The van der Waals surface area contributed by atoms with Crippen molar-refractivity contribution in [3.63, 3.8) is 0 Å². The van der Waals surface area contributed by atoms with Gasteiger partial charge in [0, 0.05) is 6.54 Å². The third-order valence-corrected chi connectivity index (χ3v) is 1.15. The monoisotopic (exact) mass is 188 g/mol. The fourth-order valence-electron chi connectivity index (χ4n) is 0.504. The van der Waals surface area contributed by atoms with E-state index in [9.17, 15) is 9.59 Å². The van der Waals surface area contributed by atoms with Crippen molar-refractivity contribution in [1.82, 2.24) is 10.6 Å². The van der Waals surface area contributed by atoms with Crippen LogP contribution in [0, 0.1) is 0 Å². The topological polar surface area (TPSA) is 98.7 Å². The molecule has 2 amide bonds. The molecule has 74 valence electrons. The second-order valence-corrected chi connectivity index (χ2v) is 2.23. The first kappa shape index (κ1) is 11.4. The molecule has 1 unspecified atom stereocenters. The standard InChI is InChI=1S/C7H12N2O4/c1-2-3-8-7(13)9-4-5(10)6(11)12/h2,5,10H,1,3-4H2,(H,11,12)(H2,8,9,13). The van der Waals surface area contributed by atoms with E-state index in [1.807, 2.05) is 0 Å². The predicted octanol–water partition coefficient (Wildman–Crippen LogP) is -1.08. The number of aliphatic carboxylic acids is 1. The van der Waals surface area contributed by atoms with Gasteiger partial charge in [-0.15, -0.1) is 6.58 Å². The highest BCUT2D eigenvalue weighted by molar-refractivity contribution is 5.76. The molecule has 0 aromatic carbocycles. The number of aliphatic hydroxyl groups is 1. The molecule has 1 atom stereocenters. The Morgan fingerprint density at radius 3 is 2.54 bits per heavy atom. The highest BCUT2D eigenvalue weighted by Crippen LogP contribution is 1.79. The van der Waals surface area contributed by atoms with Crippen molar-refractivity contribution < 1.29 is 19.8 Å². The zero-order valence-corrected chi connectivity index (χ0v) is 6.99. The van der Waals surface area contributed by atoms with Crippen LogP contribution in [0.3, 0.4) is 0 Å². The molecule has 0 rings (SSSR count). The highest BCUT2D eigenvalue weighted by Gasteiger charge is 2.13. The minimum atomic E-state index is -1.57. The molecule has 0 aromatic rings. The van der Waals surface area contributed by atoms with E-state index in [1.165, 1.54) is 6.08 Å². The molecule has 0 radical (unpaired) electrons. The molecule has 0 aliphatic rings. The molecule has 6 heteroatoms. The van der Waals surface area contributed by atoms with Crippen molar-refractivity contribution in [2.75, 3.05) is 13.1 Å². The van der Waals surface area contributed by atoms with E-state index >= 15 is 0 Å². The van der Waals surface area contributed by atoms with Crippen molar-refractivity contribution in [1.29, 1.82) is 0 Å². The second-order valence-electron chi connectivity index (χ2n) is 2.23. The minimum absolute atomic E-state index is 0.287. The molecule has 0 aliphatic heterocycles. The number of hydrogen-bond donors (Lipinski definition) is 4. The van der Waals surface area contributed by atoms with Gasteiger partial charge < -0.3 is 20.8 Å². The van der Waals surface area contributed by atoms with Crippen LogP contribution in [0.1, 0.15) is 0 Å². The van der Waals surface area contributed by atoms with Crippen LogP contribution in [0.4, 0.5) is 4.79 Å². The lowest BCUT2D eigenvalue weighted by Crippen LogP contribution is -2.42. The average molecular weight is 188 g/mol. The number of carboxylic acid groups (broad SMARTS) is 1. The lowest BCUT2D eigenvalue weighted by molar-refractivity contribution is -0.146. The van der Waals surface area contributed by atoms with Crippen molar-refractivity contribution in [2.24, 2.45) is 0 Å². The van der Waals surface area contributed by atoms with Crippen LogP contribution in [0.25, 0.3) is 0 Å². The van der Waals surface area contributed by atoms with E-state index < -0.39 is 18.1 Å². The Morgan fingerprint density at radius 1 is 1.46 bits per heavy atom. The molecule has 0 spiro atoms. The van der Waals surface area contributed by atoms with Gasteiger partial charge in [-0.05, 0) is 0 Å². The summed E-state index contributed by atoms with van der Waals surface area (Å²) in [5.41, 5.74) is 0. The molecule has 0 aliphatic carbocycles. The molecule has 4 N–H and O–H groups in total. The summed E-state index contributed by atoms with van der Waals surface area (Å²) in [6, 6.07) is -0.541. The van der Waals surface area contributed by atoms with Gasteiger partial charge in [0.1, 0.15) is 0 Å². The maximum absolute atomic E-state index is 10.8. The molecular formula is C7H12N2O4. The minimum Gasteiger partial charge on any atom is -0.479 e. The summed E-state index contributed by atoms with van der Waals surface area (Å²) >= 11 is 0. The van der Waals surface area contributed by atoms with Gasteiger partial charge in [-0.25, -0.2) is 9.59 Å². The van der Waals surface area contributed by atoms with Gasteiger partial charge in [0.25, 0.3) is 0 Å². The summed E-state index contributed by atoms with van der Waals surface area (Å²) in [4.78, 5) is 20.8. The zero-order valence-electron chi connectivity index (χ0n) is 6.99. The Morgan fingerprint density at radius 2 is 2.08 bits per heavy atom. The van der Waals surface area contributed by atoms with Crippen molar-refractivity contribution >= 4 is 12.0 Å². The molecule has 0 saturated heterocycles. The Labute approximate surface area is 75.3 Å². The first-order valence-corrected chi connectivity index (χ1v) is 3.61. The largest absolute Gasteiger partial charge is 0.479 e. The normalized spacial score (nSPS) is 11.5. The smallest absolute Gasteiger partial charge is 0.334 e. The fraction of sp³-hybridized carbons (Fsp3) is 0.429. The summed E-state index contributed by atoms with van der Waals surface area (Å²) in [6.45, 7) is 3.34. The number of urea groups is 1. The molecule has 13 heavy (non-hydrogen) atoms. The Hall–Kier alpha value is -1.56. The van der Waals surface area contributed by atoms with E-state index in [0.717, 1.165) is 0 Å². The van der Waals surface area contributed by atoms with Crippen LogP contribution in [0.15, 0.2) is 12.7 Å². The molecule has 0 bridgehead atoms. The van der Waals surface area contributed by atoms with Crippen LogP contribution < -0.4 is 10.6 Å². The van der Waals surface area contributed by atoms with Crippen LogP contribution in [0.5, 0.6) is 0 Å². The van der Waals surface area contributed by atoms with Gasteiger partial charge in [-0.2, -0.15) is 0 Å². The summed E-state index contributed by atoms with van der Waals surface area (Å²) < 4.78 is 0. The molecular weight excluding hydrogens is 176 g/mol. The third kappa shape index (κ3) is 5.68. The summed E-state index contributed by atoms with van der Waals surface area (Å²) in [5, 5.41) is 21.5. The van der Waals surface area contributed by atoms with Gasteiger partial charge in [0.05, 0.1) is 6.54 Å². The fourth-order valence-corrected chi connectivity index (χ4v) is 0.504. The quantitative estimate of drug-likeness (QED) is 0.412. The maximum Gasteiger partial charge on any atom is 0.334 e. The number of carbonyl (C=O) groups excluding carboxylic acids is 1. The van der Waals surface area contributed by atoms with E-state index in [1.54, 1.807) is 0 Å². The Bertz CT molecular complexity index is 205. The first-order chi connectivity index (χ1) is 6.07. The summed E-state index contributed by atoms with van der Waals surface area (Å²) in [5.74, 6) is -1.37. The molecule has 0 heterocycles. The maximum atomic E-state index is 10.8. The SMILES string of the molecule is C=CCNC(=O)NCC(O)C(=O)O. The Kier molecular flexibility index (Phi) is 5.29. The van der Waals surface area contributed by atoms with Crippen molar-refractivity contribution in [3.05, 3.63) is 12.7 Å². The number of rotatable bonds is 5. The van der Waals surface area contributed by atoms with Gasteiger partial charge >= 0.3 is 12.0 Å². The highest BCUT2D eigenvalue weighted by atomic mass is 16.4. The lowest BCUT2D eigenvalue weighted by atomic mass is 10.4. The molecule has 0 aromatic heterocycles. The number of hydrogen-bond acceptors (Lipinski definition) is 3. The van der Waals surface area contributed by atoms with Gasteiger partial charge in [0.15, 0.2) is 6.10 Å². The Balaban J connectivity index is 3.57. The third-order valence-electron chi connectivity index (χ3n) is 1.15. The van der Waals surface area contributed by atoms with Gasteiger partial charge in [0.2, 0.25) is 0 Å². The second kappa shape index (κ2) is 6.01. The lowest BCUT2D eigenvalue weighted by Gasteiger charge is -2.07. The molecule has 0 saturated carbocycles. The molecule has 0 fully saturated rings. The van der Waals surface area contributed by atoms with Crippen LogP contribution >= 0.6 is 0 Å². The summed E-state index contributed by atoms with van der Waals surface area (Å²) in [7, 11) is 0. The number of carboxylic acids is 1. The number of carbonyl (C=O) groups is 2. The predicted molar refractivity (Wildman–Crippen MR) is 45.2 cm³/mol. The number of nitrogens with one attached hydrogen (secondary N) is 2.